The van der Waals surface area contributed by atoms with E-state index < -0.39 is 9.84 Å². The number of hydrogen-bond acceptors (Lipinski definition) is 4. The summed E-state index contributed by atoms with van der Waals surface area (Å²) >= 11 is 0. The first-order valence-electron chi connectivity index (χ1n) is 9.97. The maximum Gasteiger partial charge on any atom is 0.194 e. The minimum Gasteiger partial charge on any atom is -0.364 e. The van der Waals surface area contributed by atoms with Crippen LogP contribution in [0.25, 0.3) is 0 Å². The molecule has 1 aromatic carbocycles. The van der Waals surface area contributed by atoms with E-state index in [4.69, 9.17) is 9.73 Å². The Balaban J connectivity index is 0.00000225. The predicted molar refractivity (Wildman–Crippen MR) is 122 cm³/mol. The van der Waals surface area contributed by atoms with Crippen molar-refractivity contribution in [1.82, 2.24) is 10.2 Å². The number of benzene rings is 1. The molecule has 0 radical (unpaired) electrons. The van der Waals surface area contributed by atoms with E-state index >= 15 is 0 Å². The number of aliphatic imine (C=N–C) groups is 1. The molecule has 3 aliphatic heterocycles. The lowest BCUT2D eigenvalue weighted by molar-refractivity contribution is -0.0262. The highest BCUT2D eigenvalue weighted by Crippen LogP contribution is 2.43. The first-order chi connectivity index (χ1) is 13.0. The Morgan fingerprint density at radius 1 is 1.39 bits per heavy atom. The summed E-state index contributed by atoms with van der Waals surface area (Å²) in [5.41, 5.74) is 2.36. The van der Waals surface area contributed by atoms with Crippen molar-refractivity contribution < 1.29 is 13.2 Å². The van der Waals surface area contributed by atoms with Crippen LogP contribution in [0.2, 0.25) is 0 Å². The molecular weight excluding hydrogens is 489 g/mol. The molecule has 0 bridgehead atoms. The molecule has 3 aliphatic rings. The summed E-state index contributed by atoms with van der Waals surface area (Å²) in [4.78, 5) is 7.09. The van der Waals surface area contributed by atoms with Gasteiger partial charge in [-0.3, -0.25) is 4.99 Å². The highest BCUT2D eigenvalue weighted by molar-refractivity contribution is 14.0. The van der Waals surface area contributed by atoms with Crippen molar-refractivity contribution in [2.24, 2.45) is 10.9 Å². The van der Waals surface area contributed by atoms with Gasteiger partial charge in [-0.15, -0.1) is 24.0 Å². The predicted octanol–water partition coefficient (Wildman–Crippen LogP) is 2.53. The Hall–Kier alpha value is -0.870. The normalized spacial score (nSPS) is 28.4. The molecule has 28 heavy (non-hydrogen) atoms. The number of sulfone groups is 1. The fourth-order valence-corrected chi connectivity index (χ4v) is 6.27. The molecule has 3 heterocycles. The van der Waals surface area contributed by atoms with Crippen LogP contribution in [0.3, 0.4) is 0 Å². The quantitative estimate of drug-likeness (QED) is 0.376. The van der Waals surface area contributed by atoms with Gasteiger partial charge in [-0.25, -0.2) is 8.42 Å². The number of hydrogen-bond donors (Lipinski definition) is 1. The summed E-state index contributed by atoms with van der Waals surface area (Å²) < 4.78 is 29.7. The number of ether oxygens (including phenoxy) is 1. The Labute approximate surface area is 185 Å². The molecule has 1 spiro atoms. The van der Waals surface area contributed by atoms with Crippen LogP contribution < -0.4 is 5.32 Å². The van der Waals surface area contributed by atoms with Crippen LogP contribution in [0.1, 0.15) is 37.3 Å². The number of nitrogens with one attached hydrogen (secondary N) is 1. The van der Waals surface area contributed by atoms with Crippen LogP contribution in [-0.2, 0) is 26.8 Å². The molecule has 8 heteroatoms. The van der Waals surface area contributed by atoms with E-state index in [1.807, 2.05) is 0 Å². The van der Waals surface area contributed by atoms with Crippen molar-refractivity contribution in [3.05, 3.63) is 35.4 Å². The number of fused-ring (bicyclic) bond motifs is 2. The van der Waals surface area contributed by atoms with Gasteiger partial charge in [0.1, 0.15) is 5.60 Å². The number of halogens is 1. The van der Waals surface area contributed by atoms with E-state index in [1.165, 1.54) is 11.1 Å². The molecule has 0 saturated carbocycles. The minimum absolute atomic E-state index is 0. The standard InChI is InChI=1S/C20H29N3O3S.HI/c1-2-9-21-19(22-12-16-7-11-27(24,25)14-16)23-10-8-20(15-23)18-6-4-3-5-17(18)13-26-20;/h3-6,16H,2,7-15H2,1H3,(H,21,22);1H. The molecule has 0 amide bonds. The SMILES string of the molecule is CCCNC(=NCC1CCS(=O)(=O)C1)N1CCC2(C1)OCc1ccccc12.I. The molecule has 0 aliphatic carbocycles. The monoisotopic (exact) mass is 519 g/mol. The van der Waals surface area contributed by atoms with Gasteiger partial charge in [-0.1, -0.05) is 31.2 Å². The van der Waals surface area contributed by atoms with Gasteiger partial charge < -0.3 is 15.0 Å². The van der Waals surface area contributed by atoms with Crippen molar-refractivity contribution >= 4 is 39.8 Å². The van der Waals surface area contributed by atoms with E-state index in [1.54, 1.807) is 0 Å². The van der Waals surface area contributed by atoms with Gasteiger partial charge in [-0.2, -0.15) is 0 Å². The van der Waals surface area contributed by atoms with Crippen molar-refractivity contribution in [1.29, 1.82) is 0 Å². The van der Waals surface area contributed by atoms with Crippen molar-refractivity contribution in [2.45, 2.75) is 38.4 Å². The van der Waals surface area contributed by atoms with Crippen LogP contribution >= 0.6 is 24.0 Å². The zero-order valence-corrected chi connectivity index (χ0v) is 19.5. The fourth-order valence-electron chi connectivity index (χ4n) is 4.42. The molecule has 1 aromatic rings. The maximum absolute atomic E-state index is 11.7. The Bertz CT molecular complexity index is 830. The van der Waals surface area contributed by atoms with E-state index in [0.29, 0.717) is 18.9 Å². The molecule has 0 aromatic heterocycles. The summed E-state index contributed by atoms with van der Waals surface area (Å²) in [6, 6.07) is 8.49. The molecule has 4 rings (SSSR count). The van der Waals surface area contributed by atoms with Gasteiger partial charge in [0.15, 0.2) is 15.8 Å². The highest BCUT2D eigenvalue weighted by Gasteiger charge is 2.46. The zero-order chi connectivity index (χ0) is 18.9. The lowest BCUT2D eigenvalue weighted by Gasteiger charge is -2.27. The summed E-state index contributed by atoms with van der Waals surface area (Å²) in [5, 5.41) is 3.46. The van der Waals surface area contributed by atoms with Crippen LogP contribution in [0.5, 0.6) is 0 Å². The number of rotatable bonds is 4. The maximum atomic E-state index is 11.7. The number of likely N-dealkylation sites (tertiary alicyclic amines) is 1. The third kappa shape index (κ3) is 4.48. The Morgan fingerprint density at radius 2 is 2.21 bits per heavy atom. The fraction of sp³-hybridized carbons (Fsp3) is 0.650. The van der Waals surface area contributed by atoms with E-state index in [-0.39, 0.29) is 41.2 Å². The minimum atomic E-state index is -2.85. The van der Waals surface area contributed by atoms with E-state index in [2.05, 4.69) is 41.4 Å². The smallest absolute Gasteiger partial charge is 0.194 e. The lowest BCUT2D eigenvalue weighted by atomic mass is 9.92. The topological polar surface area (TPSA) is 71.0 Å². The van der Waals surface area contributed by atoms with E-state index in [9.17, 15) is 8.42 Å². The van der Waals surface area contributed by atoms with Crippen molar-refractivity contribution in [2.75, 3.05) is 37.7 Å². The van der Waals surface area contributed by atoms with Gasteiger partial charge in [0, 0.05) is 19.6 Å². The third-order valence-corrected chi connectivity index (χ3v) is 7.74. The number of guanidine groups is 1. The van der Waals surface area contributed by atoms with Gasteiger partial charge in [0.2, 0.25) is 0 Å². The summed E-state index contributed by atoms with van der Waals surface area (Å²) in [5.74, 6) is 1.62. The lowest BCUT2D eigenvalue weighted by Crippen LogP contribution is -2.42. The van der Waals surface area contributed by atoms with Crippen molar-refractivity contribution in [3.63, 3.8) is 0 Å². The van der Waals surface area contributed by atoms with Crippen LogP contribution in [0.15, 0.2) is 29.3 Å². The molecular formula is C20H30IN3O3S. The molecule has 2 atom stereocenters. The highest BCUT2D eigenvalue weighted by atomic mass is 127. The largest absolute Gasteiger partial charge is 0.364 e. The first-order valence-corrected chi connectivity index (χ1v) is 11.8. The van der Waals surface area contributed by atoms with E-state index in [0.717, 1.165) is 44.9 Å². The number of nitrogens with zero attached hydrogens (tertiary/aromatic N) is 2. The third-order valence-electron chi connectivity index (χ3n) is 5.90. The zero-order valence-electron chi connectivity index (χ0n) is 16.4. The summed E-state index contributed by atoms with van der Waals surface area (Å²) in [6.07, 6.45) is 2.71. The molecule has 6 nitrogen and oxygen atoms in total. The van der Waals surface area contributed by atoms with Crippen LogP contribution in [0, 0.1) is 5.92 Å². The molecule has 2 saturated heterocycles. The molecule has 156 valence electrons. The van der Waals surface area contributed by atoms with Crippen molar-refractivity contribution in [3.8, 4) is 0 Å². The van der Waals surface area contributed by atoms with Crippen LogP contribution in [-0.4, -0.2) is 57.0 Å². The molecule has 2 fully saturated rings. The average molecular weight is 519 g/mol. The average Bonchev–Trinajstić information content (AvgIpc) is 3.34. The van der Waals surface area contributed by atoms with Gasteiger partial charge >= 0.3 is 0 Å². The Morgan fingerprint density at radius 3 is 2.96 bits per heavy atom. The van der Waals surface area contributed by atoms with Gasteiger partial charge in [0.05, 0.1) is 24.7 Å². The van der Waals surface area contributed by atoms with Gasteiger partial charge in [-0.05, 0) is 36.3 Å². The second kappa shape index (κ2) is 8.87. The summed E-state index contributed by atoms with van der Waals surface area (Å²) in [6.45, 7) is 5.94. The van der Waals surface area contributed by atoms with Crippen LogP contribution in [0.4, 0.5) is 0 Å². The second-order valence-electron chi connectivity index (χ2n) is 7.97. The Kier molecular flexibility index (Phi) is 6.92. The molecule has 2 unspecified atom stereocenters. The second-order valence-corrected chi connectivity index (χ2v) is 10.2. The summed E-state index contributed by atoms with van der Waals surface area (Å²) in [7, 11) is -2.85. The van der Waals surface area contributed by atoms with Gasteiger partial charge in [0.25, 0.3) is 0 Å². The molecule has 1 N–H and O–H groups in total. The first kappa shape index (κ1) is 21.8.